The summed E-state index contributed by atoms with van der Waals surface area (Å²) in [6, 6.07) is 40.6. The van der Waals surface area contributed by atoms with Gasteiger partial charge in [-0.2, -0.15) is 0 Å². The van der Waals surface area contributed by atoms with Crippen LogP contribution in [0.15, 0.2) is 115 Å². The van der Waals surface area contributed by atoms with Crippen LogP contribution >= 0.6 is 11.6 Å². The molecular formula is C30H19ClN2. The van der Waals surface area contributed by atoms with Gasteiger partial charge in [0.1, 0.15) is 0 Å². The maximum Gasteiger partial charge on any atom is 0.0782 e. The SMILES string of the molecule is Clc1ccc2c(c1)c1ccccc1n2-c1cccc2c3ccccc3n(-c3ccccc3)c12. The van der Waals surface area contributed by atoms with E-state index in [9.17, 15) is 0 Å². The maximum absolute atomic E-state index is 6.41. The molecule has 0 atom stereocenters. The van der Waals surface area contributed by atoms with Gasteiger partial charge in [0.05, 0.1) is 27.8 Å². The van der Waals surface area contributed by atoms with Gasteiger partial charge in [-0.25, -0.2) is 0 Å². The third-order valence-corrected chi connectivity index (χ3v) is 6.80. The summed E-state index contributed by atoms with van der Waals surface area (Å²) in [5.41, 5.74) is 7.03. The molecule has 2 nitrogen and oxygen atoms in total. The third-order valence-electron chi connectivity index (χ3n) is 6.56. The molecule has 0 bridgehead atoms. The summed E-state index contributed by atoms with van der Waals surface area (Å²) < 4.78 is 4.76. The van der Waals surface area contributed by atoms with E-state index in [4.69, 9.17) is 11.6 Å². The van der Waals surface area contributed by atoms with Gasteiger partial charge >= 0.3 is 0 Å². The minimum atomic E-state index is 0.752. The van der Waals surface area contributed by atoms with E-state index in [1.54, 1.807) is 0 Å². The van der Waals surface area contributed by atoms with E-state index in [2.05, 4.69) is 118 Å². The molecule has 0 saturated heterocycles. The molecule has 0 aliphatic rings. The maximum atomic E-state index is 6.41. The first-order valence-corrected chi connectivity index (χ1v) is 11.5. The molecule has 0 unspecified atom stereocenters. The standard InChI is InChI=1S/C30H19ClN2/c31-20-17-18-28-25(19-20)23-12-5-7-15-27(23)33(28)29-16-8-13-24-22-11-4-6-14-26(22)32(30(24)29)21-9-2-1-3-10-21/h1-19H. The van der Waals surface area contributed by atoms with Crippen LogP contribution in [-0.4, -0.2) is 9.13 Å². The molecule has 0 amide bonds. The molecule has 33 heavy (non-hydrogen) atoms. The average molecular weight is 443 g/mol. The first-order chi connectivity index (χ1) is 16.3. The molecule has 7 rings (SSSR count). The smallest absolute Gasteiger partial charge is 0.0782 e. The number of hydrogen-bond donors (Lipinski definition) is 0. The van der Waals surface area contributed by atoms with Crippen molar-refractivity contribution in [2.75, 3.05) is 0 Å². The van der Waals surface area contributed by atoms with Crippen LogP contribution in [0.1, 0.15) is 0 Å². The van der Waals surface area contributed by atoms with Crippen molar-refractivity contribution in [2.24, 2.45) is 0 Å². The zero-order chi connectivity index (χ0) is 21.9. The summed E-state index contributed by atoms with van der Waals surface area (Å²) in [6.07, 6.45) is 0. The molecular weight excluding hydrogens is 424 g/mol. The highest BCUT2D eigenvalue weighted by Crippen LogP contribution is 2.39. The molecule has 0 spiro atoms. The number of hydrogen-bond acceptors (Lipinski definition) is 0. The first kappa shape index (κ1) is 18.6. The molecule has 0 aliphatic heterocycles. The van der Waals surface area contributed by atoms with E-state index < -0.39 is 0 Å². The highest BCUT2D eigenvalue weighted by Gasteiger charge is 2.19. The quantitative estimate of drug-likeness (QED) is 0.254. The van der Waals surface area contributed by atoms with Crippen molar-refractivity contribution in [1.29, 1.82) is 0 Å². The van der Waals surface area contributed by atoms with Crippen LogP contribution < -0.4 is 0 Å². The van der Waals surface area contributed by atoms with Crippen molar-refractivity contribution in [3.05, 3.63) is 120 Å². The lowest BCUT2D eigenvalue weighted by Gasteiger charge is -2.14. The average Bonchev–Trinajstić information content (AvgIpc) is 3.37. The second kappa shape index (κ2) is 6.99. The van der Waals surface area contributed by atoms with E-state index in [1.165, 1.54) is 32.7 Å². The molecule has 5 aromatic carbocycles. The van der Waals surface area contributed by atoms with Gasteiger partial charge in [0, 0.05) is 32.3 Å². The molecule has 0 aliphatic carbocycles. The lowest BCUT2D eigenvalue weighted by Crippen LogP contribution is -2.00. The fourth-order valence-electron chi connectivity index (χ4n) is 5.23. The number of fused-ring (bicyclic) bond motifs is 6. The molecule has 156 valence electrons. The van der Waals surface area contributed by atoms with E-state index in [0.29, 0.717) is 0 Å². The Morgan fingerprint density at radius 3 is 1.85 bits per heavy atom. The van der Waals surface area contributed by atoms with Gasteiger partial charge in [-0.3, -0.25) is 0 Å². The summed E-state index contributed by atoms with van der Waals surface area (Å²) in [5, 5.41) is 5.61. The predicted molar refractivity (Wildman–Crippen MR) is 140 cm³/mol. The number of nitrogens with zero attached hydrogens (tertiary/aromatic N) is 2. The first-order valence-electron chi connectivity index (χ1n) is 11.1. The van der Waals surface area contributed by atoms with Gasteiger partial charge in [-0.05, 0) is 48.5 Å². The molecule has 0 N–H and O–H groups in total. The van der Waals surface area contributed by atoms with Crippen molar-refractivity contribution < 1.29 is 0 Å². The highest BCUT2D eigenvalue weighted by atomic mass is 35.5. The molecule has 0 saturated carbocycles. The Hall–Kier alpha value is -4.01. The molecule has 3 heteroatoms. The normalized spacial score (nSPS) is 11.8. The summed E-state index contributed by atoms with van der Waals surface area (Å²) in [5.74, 6) is 0. The lowest BCUT2D eigenvalue weighted by atomic mass is 10.1. The van der Waals surface area contributed by atoms with Crippen molar-refractivity contribution in [1.82, 2.24) is 9.13 Å². The number of halogens is 1. The van der Waals surface area contributed by atoms with Gasteiger partial charge in [-0.1, -0.05) is 78.3 Å². The molecule has 0 radical (unpaired) electrons. The fraction of sp³-hybridized carbons (Fsp3) is 0. The Labute approximate surface area is 195 Å². The van der Waals surface area contributed by atoms with E-state index in [0.717, 1.165) is 27.3 Å². The molecule has 2 heterocycles. The Balaban J connectivity index is 1.72. The molecule has 0 fully saturated rings. The van der Waals surface area contributed by atoms with Gasteiger partial charge in [0.25, 0.3) is 0 Å². The zero-order valence-corrected chi connectivity index (χ0v) is 18.5. The number of para-hydroxylation sites is 4. The largest absolute Gasteiger partial charge is 0.307 e. The number of aromatic nitrogens is 2. The second-order valence-corrected chi connectivity index (χ2v) is 8.81. The van der Waals surface area contributed by atoms with Crippen LogP contribution in [-0.2, 0) is 0 Å². The van der Waals surface area contributed by atoms with Crippen LogP contribution in [0.4, 0.5) is 0 Å². The topological polar surface area (TPSA) is 9.86 Å². The highest BCUT2D eigenvalue weighted by molar-refractivity contribution is 6.32. The minimum Gasteiger partial charge on any atom is -0.307 e. The van der Waals surface area contributed by atoms with Gasteiger partial charge in [-0.15, -0.1) is 0 Å². The van der Waals surface area contributed by atoms with E-state index in [1.807, 2.05) is 6.07 Å². The Bertz CT molecular complexity index is 1820. The predicted octanol–water partition coefficient (Wildman–Crippen LogP) is 8.53. The van der Waals surface area contributed by atoms with Gasteiger partial charge in [0.15, 0.2) is 0 Å². The van der Waals surface area contributed by atoms with Gasteiger partial charge in [0.2, 0.25) is 0 Å². The fourth-order valence-corrected chi connectivity index (χ4v) is 5.40. The summed E-state index contributed by atoms with van der Waals surface area (Å²) in [6.45, 7) is 0. The number of benzene rings is 5. The van der Waals surface area contributed by atoms with Crippen LogP contribution in [0.25, 0.3) is 55.0 Å². The summed E-state index contributed by atoms with van der Waals surface area (Å²) in [4.78, 5) is 0. The minimum absolute atomic E-state index is 0.752. The van der Waals surface area contributed by atoms with Crippen molar-refractivity contribution in [2.45, 2.75) is 0 Å². The van der Waals surface area contributed by atoms with E-state index in [-0.39, 0.29) is 0 Å². The van der Waals surface area contributed by atoms with Crippen LogP contribution in [0.5, 0.6) is 0 Å². The van der Waals surface area contributed by atoms with Crippen LogP contribution in [0.2, 0.25) is 5.02 Å². The monoisotopic (exact) mass is 442 g/mol. The lowest BCUT2D eigenvalue weighted by molar-refractivity contribution is 1.13. The Kier molecular flexibility index (Phi) is 3.93. The van der Waals surface area contributed by atoms with E-state index >= 15 is 0 Å². The van der Waals surface area contributed by atoms with Crippen LogP contribution in [0.3, 0.4) is 0 Å². The van der Waals surface area contributed by atoms with Gasteiger partial charge < -0.3 is 9.13 Å². The van der Waals surface area contributed by atoms with Crippen molar-refractivity contribution in [3.8, 4) is 11.4 Å². The van der Waals surface area contributed by atoms with Crippen molar-refractivity contribution >= 4 is 55.2 Å². The summed E-state index contributed by atoms with van der Waals surface area (Å²) >= 11 is 6.41. The second-order valence-electron chi connectivity index (χ2n) is 8.38. The molecule has 2 aromatic heterocycles. The molecule has 7 aromatic rings. The van der Waals surface area contributed by atoms with Crippen LogP contribution in [0, 0.1) is 0 Å². The third kappa shape index (κ3) is 2.62. The summed E-state index contributed by atoms with van der Waals surface area (Å²) in [7, 11) is 0. The number of rotatable bonds is 2. The zero-order valence-electron chi connectivity index (χ0n) is 17.7. The van der Waals surface area contributed by atoms with Crippen molar-refractivity contribution in [3.63, 3.8) is 0 Å². The Morgan fingerprint density at radius 1 is 0.455 bits per heavy atom. The Morgan fingerprint density at radius 2 is 1.06 bits per heavy atom.